The monoisotopic (exact) mass is 305 g/mol. The molecule has 1 aromatic carbocycles. The Morgan fingerprint density at radius 3 is 3.00 bits per heavy atom. The minimum atomic E-state index is -0.0557. The summed E-state index contributed by atoms with van der Waals surface area (Å²) in [5.74, 6) is 0.722. The Kier molecular flexibility index (Phi) is 5.71. The van der Waals surface area contributed by atoms with E-state index in [9.17, 15) is 5.11 Å². The number of benzene rings is 1. The maximum atomic E-state index is 9.40. The van der Waals surface area contributed by atoms with Crippen molar-refractivity contribution in [1.82, 2.24) is 4.98 Å². The topological polar surface area (TPSA) is 66.7 Å². The van der Waals surface area contributed by atoms with Gasteiger partial charge >= 0.3 is 0 Å². The number of nitrogens with one attached hydrogen (secondary N) is 1. The highest BCUT2D eigenvalue weighted by molar-refractivity contribution is 7.13. The van der Waals surface area contributed by atoms with Crippen molar-refractivity contribution in [2.75, 3.05) is 12.0 Å². The largest absolute Gasteiger partial charge is 0.493 e. The first-order valence-corrected chi connectivity index (χ1v) is 7.68. The van der Waals surface area contributed by atoms with Crippen LogP contribution in [0.25, 0.3) is 0 Å². The van der Waals surface area contributed by atoms with Gasteiger partial charge in [-0.25, -0.2) is 4.98 Å². The van der Waals surface area contributed by atoms with E-state index in [2.05, 4.69) is 15.5 Å². The number of hydrazone groups is 1. The normalized spacial score (nSPS) is 11.0. The van der Waals surface area contributed by atoms with E-state index in [0.29, 0.717) is 6.61 Å². The molecule has 0 aliphatic rings. The fraction of sp³-hybridized carbons (Fsp3) is 0.333. The Morgan fingerprint density at radius 1 is 1.48 bits per heavy atom. The van der Waals surface area contributed by atoms with E-state index in [0.717, 1.165) is 34.1 Å². The molecule has 0 aliphatic heterocycles. The lowest BCUT2D eigenvalue weighted by Gasteiger charge is -2.09. The molecule has 0 bridgehead atoms. The number of thiazole rings is 1. The van der Waals surface area contributed by atoms with E-state index in [-0.39, 0.29) is 6.61 Å². The standard InChI is InChI=1S/C15H19N3O2S/c1-3-6-20-14-5-4-12(7-13(14)9-19)8-16-18-15-17-11(2)10-21-15/h4-5,7-8,10,19H,3,6,9H2,1-2H3,(H,17,18). The summed E-state index contributed by atoms with van der Waals surface area (Å²) in [6.07, 6.45) is 2.63. The average Bonchev–Trinajstić information content (AvgIpc) is 2.91. The number of hydrogen-bond donors (Lipinski definition) is 2. The molecule has 2 rings (SSSR count). The Bertz CT molecular complexity index is 611. The van der Waals surface area contributed by atoms with E-state index in [1.54, 1.807) is 6.21 Å². The smallest absolute Gasteiger partial charge is 0.203 e. The summed E-state index contributed by atoms with van der Waals surface area (Å²) in [6, 6.07) is 5.63. The van der Waals surface area contributed by atoms with E-state index < -0.39 is 0 Å². The first-order chi connectivity index (χ1) is 10.2. The molecule has 0 atom stereocenters. The lowest BCUT2D eigenvalue weighted by atomic mass is 10.1. The zero-order chi connectivity index (χ0) is 15.1. The lowest BCUT2D eigenvalue weighted by Crippen LogP contribution is -2.00. The Hall–Kier alpha value is -1.92. The molecule has 0 radical (unpaired) electrons. The minimum absolute atomic E-state index is 0.0557. The second kappa shape index (κ2) is 7.75. The van der Waals surface area contributed by atoms with Gasteiger partial charge in [0.15, 0.2) is 0 Å². The van der Waals surface area contributed by atoms with Gasteiger partial charge < -0.3 is 9.84 Å². The Balaban J connectivity index is 2.02. The lowest BCUT2D eigenvalue weighted by molar-refractivity contribution is 0.263. The number of hydrogen-bond acceptors (Lipinski definition) is 6. The molecule has 21 heavy (non-hydrogen) atoms. The SMILES string of the molecule is CCCOc1ccc(C=NNc2nc(C)cs2)cc1CO. The second-order valence-corrected chi connectivity index (χ2v) is 5.40. The molecule has 0 amide bonds. The molecule has 2 aromatic rings. The summed E-state index contributed by atoms with van der Waals surface area (Å²) < 4.78 is 5.58. The maximum absolute atomic E-state index is 9.40. The van der Waals surface area contributed by atoms with Crippen LogP contribution in [-0.2, 0) is 6.61 Å². The second-order valence-electron chi connectivity index (χ2n) is 4.54. The average molecular weight is 305 g/mol. The fourth-order valence-corrected chi connectivity index (χ4v) is 2.36. The van der Waals surface area contributed by atoms with Gasteiger partial charge in [-0.05, 0) is 37.1 Å². The quantitative estimate of drug-likeness (QED) is 0.609. The first kappa shape index (κ1) is 15.5. The summed E-state index contributed by atoms with van der Waals surface area (Å²) in [6.45, 7) is 4.57. The third-order valence-electron chi connectivity index (χ3n) is 2.71. The molecule has 0 saturated heterocycles. The minimum Gasteiger partial charge on any atom is -0.493 e. The predicted octanol–water partition coefficient (Wildman–Crippen LogP) is 3.18. The van der Waals surface area contributed by atoms with Crippen molar-refractivity contribution in [3.8, 4) is 5.75 Å². The van der Waals surface area contributed by atoms with E-state index in [1.807, 2.05) is 37.4 Å². The third-order valence-corrected chi connectivity index (χ3v) is 3.57. The van der Waals surface area contributed by atoms with Crippen molar-refractivity contribution in [3.05, 3.63) is 40.4 Å². The molecule has 112 valence electrons. The van der Waals surface area contributed by atoms with Crippen LogP contribution in [0.15, 0.2) is 28.7 Å². The van der Waals surface area contributed by atoms with Crippen LogP contribution in [0.3, 0.4) is 0 Å². The molecule has 1 heterocycles. The fourth-order valence-electron chi connectivity index (χ4n) is 1.72. The molecule has 0 saturated carbocycles. The molecule has 0 spiro atoms. The van der Waals surface area contributed by atoms with Crippen molar-refractivity contribution in [1.29, 1.82) is 0 Å². The van der Waals surface area contributed by atoms with Gasteiger partial charge in [-0.15, -0.1) is 11.3 Å². The number of aromatic nitrogens is 1. The van der Waals surface area contributed by atoms with Gasteiger partial charge in [0.2, 0.25) is 5.13 Å². The van der Waals surface area contributed by atoms with E-state index in [4.69, 9.17) is 4.74 Å². The Labute approximate surface area is 128 Å². The van der Waals surface area contributed by atoms with Crippen LogP contribution < -0.4 is 10.2 Å². The molecular formula is C15H19N3O2S. The highest BCUT2D eigenvalue weighted by atomic mass is 32.1. The van der Waals surface area contributed by atoms with Crippen LogP contribution >= 0.6 is 11.3 Å². The summed E-state index contributed by atoms with van der Waals surface area (Å²) in [4.78, 5) is 4.26. The summed E-state index contributed by atoms with van der Waals surface area (Å²) in [7, 11) is 0. The van der Waals surface area contributed by atoms with Crippen molar-refractivity contribution >= 4 is 22.7 Å². The number of aliphatic hydroxyl groups is 1. The summed E-state index contributed by atoms with van der Waals surface area (Å²) >= 11 is 1.51. The number of nitrogens with zero attached hydrogens (tertiary/aromatic N) is 2. The van der Waals surface area contributed by atoms with Gasteiger partial charge in [-0.2, -0.15) is 5.10 Å². The van der Waals surface area contributed by atoms with Crippen LogP contribution in [0.2, 0.25) is 0 Å². The Morgan fingerprint density at radius 2 is 2.33 bits per heavy atom. The number of rotatable bonds is 7. The van der Waals surface area contributed by atoms with Crippen LogP contribution in [0.4, 0.5) is 5.13 Å². The van der Waals surface area contributed by atoms with Crippen LogP contribution in [-0.4, -0.2) is 22.9 Å². The molecule has 0 unspecified atom stereocenters. The molecular weight excluding hydrogens is 286 g/mol. The number of anilines is 1. The van der Waals surface area contributed by atoms with Gasteiger partial charge in [0.05, 0.1) is 25.1 Å². The van der Waals surface area contributed by atoms with Crippen molar-refractivity contribution in [2.45, 2.75) is 26.9 Å². The van der Waals surface area contributed by atoms with Gasteiger partial charge in [0.25, 0.3) is 0 Å². The predicted molar refractivity (Wildman–Crippen MR) is 86.2 cm³/mol. The van der Waals surface area contributed by atoms with Gasteiger partial charge in [-0.3, -0.25) is 5.43 Å². The zero-order valence-electron chi connectivity index (χ0n) is 12.2. The highest BCUT2D eigenvalue weighted by Crippen LogP contribution is 2.20. The van der Waals surface area contributed by atoms with Crippen molar-refractivity contribution < 1.29 is 9.84 Å². The number of ether oxygens (including phenoxy) is 1. The van der Waals surface area contributed by atoms with Gasteiger partial charge in [0.1, 0.15) is 5.75 Å². The zero-order valence-corrected chi connectivity index (χ0v) is 13.0. The van der Waals surface area contributed by atoms with Crippen molar-refractivity contribution in [2.24, 2.45) is 5.10 Å². The summed E-state index contributed by atoms with van der Waals surface area (Å²) in [5, 5.41) is 16.3. The van der Waals surface area contributed by atoms with Crippen LogP contribution in [0.1, 0.15) is 30.2 Å². The number of aliphatic hydroxyl groups excluding tert-OH is 1. The third kappa shape index (κ3) is 4.54. The van der Waals surface area contributed by atoms with Crippen LogP contribution in [0, 0.1) is 6.92 Å². The molecule has 2 N–H and O–H groups in total. The van der Waals surface area contributed by atoms with Crippen molar-refractivity contribution in [3.63, 3.8) is 0 Å². The van der Waals surface area contributed by atoms with Gasteiger partial charge in [0, 0.05) is 10.9 Å². The maximum Gasteiger partial charge on any atom is 0.203 e. The molecule has 6 heteroatoms. The molecule has 0 aliphatic carbocycles. The first-order valence-electron chi connectivity index (χ1n) is 6.80. The highest BCUT2D eigenvalue weighted by Gasteiger charge is 2.03. The van der Waals surface area contributed by atoms with E-state index in [1.165, 1.54) is 11.3 Å². The molecule has 5 nitrogen and oxygen atoms in total. The summed E-state index contributed by atoms with van der Waals surface area (Å²) in [5.41, 5.74) is 5.51. The van der Waals surface area contributed by atoms with E-state index >= 15 is 0 Å². The molecule has 0 fully saturated rings. The number of aryl methyl sites for hydroxylation is 1. The molecule has 1 aromatic heterocycles. The van der Waals surface area contributed by atoms with Crippen LogP contribution in [0.5, 0.6) is 5.75 Å². The van der Waals surface area contributed by atoms with Gasteiger partial charge in [-0.1, -0.05) is 6.92 Å².